The molecule has 1 unspecified atom stereocenters. The van der Waals surface area contributed by atoms with Gasteiger partial charge in [-0.05, 0) is 0 Å². The number of hydrogen-bond acceptors (Lipinski definition) is 17. The molecule has 2 aliphatic heterocycles. The Labute approximate surface area is 240 Å². The Morgan fingerprint density at radius 1 is 0.585 bits per heavy atom. The van der Waals surface area contributed by atoms with E-state index in [-0.39, 0.29) is 5.75 Å². The first-order valence-corrected chi connectivity index (χ1v) is 13.0. The van der Waals surface area contributed by atoms with E-state index in [1.807, 2.05) is 0 Å². The highest BCUT2D eigenvalue weighted by molar-refractivity contribution is 7.80. The molecular weight excluding hydrogens is 576 g/mol. The summed E-state index contributed by atoms with van der Waals surface area (Å²) in [5.74, 6) is -5.09. The summed E-state index contributed by atoms with van der Waals surface area (Å²) in [4.78, 5) is 71.3. The molecule has 0 aromatic rings. The highest BCUT2D eigenvalue weighted by Gasteiger charge is 2.56. The second-order valence-electron chi connectivity index (χ2n) is 9.07. The zero-order valence-corrected chi connectivity index (χ0v) is 24.1. The molecule has 2 rings (SSSR count). The quantitative estimate of drug-likeness (QED) is 0.172. The smallest absolute Gasteiger partial charge is 0.303 e. The minimum absolute atomic E-state index is 0.107. The van der Waals surface area contributed by atoms with E-state index in [4.69, 9.17) is 42.6 Å². The Kier molecular flexibility index (Phi) is 12.8. The largest absolute Gasteiger partial charge is 0.463 e. The number of carbonyl (C=O) groups is 6. The van der Waals surface area contributed by atoms with Crippen LogP contribution in [0.25, 0.3) is 0 Å². The van der Waals surface area contributed by atoms with Gasteiger partial charge >= 0.3 is 35.8 Å². The number of aliphatic hydroxyl groups excluding tert-OH is 1. The molecule has 16 nitrogen and oxygen atoms in total. The molecule has 232 valence electrons. The van der Waals surface area contributed by atoms with E-state index in [0.717, 1.165) is 41.5 Å². The standard InChI is InChI=1S/C24H34O16S/c1-9(25)32-7-15-18(33-10(2)26)20(35-12(4)28)22(37-14(6)30)24(38-15)40-23-21(36-13(5)29)19(34-11(3)27)17(31)16(8-41)39-23/h15-24,31,41H,7-8H2,1-6H3/t15-,16-,17-,18-,19+,20+,21-,22-,23?,24-/m1/s1. The van der Waals surface area contributed by atoms with E-state index in [2.05, 4.69) is 12.6 Å². The normalized spacial score (nSPS) is 33.1. The van der Waals surface area contributed by atoms with Gasteiger partial charge in [-0.1, -0.05) is 0 Å². The minimum Gasteiger partial charge on any atom is -0.463 e. The molecule has 0 saturated carbocycles. The number of esters is 6. The molecule has 2 heterocycles. The maximum atomic E-state index is 12.1. The van der Waals surface area contributed by atoms with E-state index in [0.29, 0.717) is 0 Å². The lowest BCUT2D eigenvalue weighted by molar-refractivity contribution is -0.374. The van der Waals surface area contributed by atoms with Crippen molar-refractivity contribution < 1.29 is 76.5 Å². The number of rotatable bonds is 10. The molecule has 0 amide bonds. The Morgan fingerprint density at radius 3 is 1.41 bits per heavy atom. The molecule has 0 aliphatic carbocycles. The van der Waals surface area contributed by atoms with Crippen molar-refractivity contribution in [2.24, 2.45) is 0 Å². The van der Waals surface area contributed by atoms with Crippen molar-refractivity contribution in [3.8, 4) is 0 Å². The van der Waals surface area contributed by atoms with Crippen LogP contribution in [0.1, 0.15) is 41.5 Å². The van der Waals surface area contributed by atoms with Crippen LogP contribution in [0.4, 0.5) is 0 Å². The molecule has 0 spiro atoms. The second-order valence-corrected chi connectivity index (χ2v) is 9.43. The average Bonchev–Trinajstić information content (AvgIpc) is 2.83. The minimum atomic E-state index is -1.72. The van der Waals surface area contributed by atoms with Crippen LogP contribution < -0.4 is 0 Å². The first kappa shape index (κ1) is 34.2. The first-order valence-electron chi connectivity index (χ1n) is 12.4. The summed E-state index contributed by atoms with van der Waals surface area (Å²) >= 11 is 4.14. The maximum Gasteiger partial charge on any atom is 0.303 e. The van der Waals surface area contributed by atoms with Gasteiger partial charge in [0.1, 0.15) is 18.8 Å². The van der Waals surface area contributed by atoms with Gasteiger partial charge in [0.15, 0.2) is 30.5 Å². The van der Waals surface area contributed by atoms with Crippen LogP contribution in [-0.4, -0.2) is 115 Å². The number of carbonyl (C=O) groups excluding carboxylic acids is 6. The van der Waals surface area contributed by atoms with Crippen molar-refractivity contribution in [1.29, 1.82) is 0 Å². The Balaban J connectivity index is 2.57. The molecule has 1 N–H and O–H groups in total. The van der Waals surface area contributed by atoms with Gasteiger partial charge in [0.2, 0.25) is 12.6 Å². The fraction of sp³-hybridized carbons (Fsp3) is 0.750. The van der Waals surface area contributed by atoms with Gasteiger partial charge in [-0.25, -0.2) is 0 Å². The Hall–Kier alpha value is -2.99. The second kappa shape index (κ2) is 15.3. The summed E-state index contributed by atoms with van der Waals surface area (Å²) in [7, 11) is 0. The predicted molar refractivity (Wildman–Crippen MR) is 133 cm³/mol. The monoisotopic (exact) mass is 610 g/mol. The van der Waals surface area contributed by atoms with E-state index in [9.17, 15) is 33.9 Å². The topological polar surface area (TPSA) is 206 Å². The molecule has 0 aromatic heterocycles. The lowest BCUT2D eigenvalue weighted by Crippen LogP contribution is -2.66. The zero-order chi connectivity index (χ0) is 31.0. The average molecular weight is 611 g/mol. The van der Waals surface area contributed by atoms with Gasteiger partial charge in [-0.3, -0.25) is 28.8 Å². The number of hydrogen-bond donors (Lipinski definition) is 2. The van der Waals surface area contributed by atoms with Gasteiger partial charge in [0, 0.05) is 47.3 Å². The number of aliphatic hydroxyl groups is 1. The van der Waals surface area contributed by atoms with Gasteiger partial charge < -0.3 is 47.7 Å². The number of ether oxygens (including phenoxy) is 9. The van der Waals surface area contributed by atoms with Crippen LogP contribution in [0.2, 0.25) is 0 Å². The van der Waals surface area contributed by atoms with Crippen molar-refractivity contribution in [3.63, 3.8) is 0 Å². The molecule has 41 heavy (non-hydrogen) atoms. The van der Waals surface area contributed by atoms with E-state index in [1.54, 1.807) is 0 Å². The molecule has 17 heteroatoms. The lowest BCUT2D eigenvalue weighted by atomic mass is 9.97. The summed E-state index contributed by atoms with van der Waals surface area (Å²) in [6.45, 7) is 5.85. The molecule has 2 fully saturated rings. The van der Waals surface area contributed by atoms with Gasteiger partial charge in [0.25, 0.3) is 0 Å². The van der Waals surface area contributed by atoms with Gasteiger partial charge in [-0.15, -0.1) is 0 Å². The third-order valence-electron chi connectivity index (χ3n) is 5.62. The van der Waals surface area contributed by atoms with E-state index in [1.165, 1.54) is 0 Å². The fourth-order valence-electron chi connectivity index (χ4n) is 4.22. The van der Waals surface area contributed by atoms with Crippen LogP contribution in [0.15, 0.2) is 0 Å². The van der Waals surface area contributed by atoms with Crippen molar-refractivity contribution in [2.45, 2.75) is 103 Å². The maximum absolute atomic E-state index is 12.1. The Morgan fingerprint density at radius 2 is 0.976 bits per heavy atom. The van der Waals surface area contributed by atoms with E-state index >= 15 is 0 Å². The van der Waals surface area contributed by atoms with E-state index < -0.39 is 104 Å². The summed E-state index contributed by atoms with van der Waals surface area (Å²) in [5.41, 5.74) is 0. The third kappa shape index (κ3) is 9.81. The summed E-state index contributed by atoms with van der Waals surface area (Å²) < 4.78 is 49.1. The molecule has 0 bridgehead atoms. The zero-order valence-electron chi connectivity index (χ0n) is 23.2. The third-order valence-corrected chi connectivity index (χ3v) is 5.98. The van der Waals surface area contributed by atoms with Crippen LogP contribution in [0.5, 0.6) is 0 Å². The highest BCUT2D eigenvalue weighted by Crippen LogP contribution is 2.34. The molecule has 0 radical (unpaired) electrons. The molecular formula is C24H34O16S. The number of thiol groups is 1. The van der Waals surface area contributed by atoms with Gasteiger partial charge in [-0.2, -0.15) is 12.6 Å². The van der Waals surface area contributed by atoms with Crippen molar-refractivity contribution in [1.82, 2.24) is 0 Å². The molecule has 0 aromatic carbocycles. The van der Waals surface area contributed by atoms with Crippen LogP contribution in [-0.2, 0) is 71.4 Å². The molecule has 2 aliphatic rings. The van der Waals surface area contributed by atoms with Crippen molar-refractivity contribution in [3.05, 3.63) is 0 Å². The highest BCUT2D eigenvalue weighted by atomic mass is 32.1. The predicted octanol–water partition coefficient (Wildman–Crippen LogP) is -1.03. The first-order chi connectivity index (χ1) is 19.1. The summed E-state index contributed by atoms with van der Waals surface area (Å²) in [6.07, 6.45) is -15.0. The molecule has 10 atom stereocenters. The summed E-state index contributed by atoms with van der Waals surface area (Å²) in [5, 5.41) is 10.7. The Bertz CT molecular complexity index is 987. The van der Waals surface area contributed by atoms with Gasteiger partial charge in [0.05, 0.1) is 6.10 Å². The van der Waals surface area contributed by atoms with Crippen molar-refractivity contribution in [2.75, 3.05) is 12.4 Å². The fourth-order valence-corrected chi connectivity index (χ4v) is 4.53. The van der Waals surface area contributed by atoms with Crippen molar-refractivity contribution >= 4 is 48.4 Å². The SMILES string of the molecule is CC(=O)OC[C@H]1O[C@H](OC2O[C@H](CS)[C@@H](O)[C@H](OC(C)=O)[C@H]2OC(C)=O)[C@H](OC(C)=O)[C@@H](OC(C)=O)[C@@H]1OC(C)=O. The van der Waals surface area contributed by atoms with Crippen LogP contribution >= 0.6 is 12.6 Å². The summed E-state index contributed by atoms with van der Waals surface area (Å²) in [6, 6.07) is 0. The lowest BCUT2D eigenvalue weighted by Gasteiger charge is -2.47. The molecule has 2 saturated heterocycles. The van der Waals surface area contributed by atoms with Crippen LogP contribution in [0.3, 0.4) is 0 Å². The van der Waals surface area contributed by atoms with Crippen LogP contribution in [0, 0.1) is 0 Å².